The fourth-order valence-corrected chi connectivity index (χ4v) is 2.08. The maximum absolute atomic E-state index is 12.2. The molecule has 0 aliphatic carbocycles. The van der Waals surface area contributed by atoms with Crippen LogP contribution in [-0.4, -0.2) is 36.0 Å². The van der Waals surface area contributed by atoms with Crippen molar-refractivity contribution in [2.75, 3.05) is 20.2 Å². The van der Waals surface area contributed by atoms with E-state index in [0.29, 0.717) is 11.4 Å². The van der Waals surface area contributed by atoms with Crippen LogP contribution >= 0.6 is 0 Å². The van der Waals surface area contributed by atoms with Crippen molar-refractivity contribution in [1.82, 2.24) is 9.88 Å². The van der Waals surface area contributed by atoms with Crippen molar-refractivity contribution in [2.24, 2.45) is 0 Å². The van der Waals surface area contributed by atoms with Crippen LogP contribution in [0, 0.1) is 0 Å². The van der Waals surface area contributed by atoms with Crippen molar-refractivity contribution in [3.8, 4) is 5.88 Å². The third-order valence-corrected chi connectivity index (χ3v) is 3.09. The number of amides is 1. The largest absolute Gasteiger partial charge is 0.481 e. The normalized spacial score (nSPS) is 16.4. The van der Waals surface area contributed by atoms with E-state index >= 15 is 0 Å². The van der Waals surface area contributed by atoms with E-state index in [2.05, 4.69) is 4.98 Å². The van der Waals surface area contributed by atoms with Gasteiger partial charge < -0.3 is 9.64 Å². The molecule has 1 amide bonds. The number of ether oxygens (including phenoxy) is 1. The minimum atomic E-state index is 0.0852. The summed E-state index contributed by atoms with van der Waals surface area (Å²) < 4.78 is 4.98. The van der Waals surface area contributed by atoms with Gasteiger partial charge in [-0.3, -0.25) is 4.79 Å². The first kappa shape index (κ1) is 11.9. The highest BCUT2D eigenvalue weighted by Gasteiger charge is 2.17. The molecule has 2 rings (SSSR count). The van der Waals surface area contributed by atoms with E-state index in [0.717, 1.165) is 25.9 Å². The van der Waals surface area contributed by atoms with Crippen LogP contribution in [0.25, 0.3) is 0 Å². The summed E-state index contributed by atoms with van der Waals surface area (Å²) in [5, 5.41) is 0. The molecule has 0 unspecified atom stereocenters. The Bertz CT molecular complexity index is 368. The molecule has 0 bridgehead atoms. The van der Waals surface area contributed by atoms with Crippen LogP contribution in [0.3, 0.4) is 0 Å². The zero-order chi connectivity index (χ0) is 12.1. The Morgan fingerprint density at radius 2 is 1.94 bits per heavy atom. The van der Waals surface area contributed by atoms with Gasteiger partial charge >= 0.3 is 0 Å². The molecular weight excluding hydrogens is 216 g/mol. The van der Waals surface area contributed by atoms with Crippen LogP contribution < -0.4 is 4.74 Å². The predicted molar refractivity (Wildman–Crippen MR) is 65.2 cm³/mol. The lowest BCUT2D eigenvalue weighted by Gasteiger charge is -2.20. The summed E-state index contributed by atoms with van der Waals surface area (Å²) in [6, 6.07) is 3.50. The molecule has 0 aromatic carbocycles. The van der Waals surface area contributed by atoms with E-state index in [1.807, 2.05) is 4.90 Å². The van der Waals surface area contributed by atoms with Crippen LogP contribution in [0.4, 0.5) is 0 Å². The van der Waals surface area contributed by atoms with Gasteiger partial charge in [0.05, 0.1) is 12.7 Å². The van der Waals surface area contributed by atoms with Crippen LogP contribution in [0.2, 0.25) is 0 Å². The lowest BCUT2D eigenvalue weighted by molar-refractivity contribution is 0.0761. The van der Waals surface area contributed by atoms with Crippen molar-refractivity contribution in [2.45, 2.75) is 25.7 Å². The maximum Gasteiger partial charge on any atom is 0.255 e. The van der Waals surface area contributed by atoms with Crippen LogP contribution in [0.15, 0.2) is 18.3 Å². The Balaban J connectivity index is 2.06. The second-order valence-corrected chi connectivity index (χ2v) is 4.30. The molecule has 0 N–H and O–H groups in total. The van der Waals surface area contributed by atoms with Crippen molar-refractivity contribution < 1.29 is 9.53 Å². The Kier molecular flexibility index (Phi) is 3.96. The maximum atomic E-state index is 12.2. The lowest BCUT2D eigenvalue weighted by atomic mass is 10.2. The number of methoxy groups -OCH3 is 1. The van der Waals surface area contributed by atoms with Gasteiger partial charge in [-0.15, -0.1) is 0 Å². The van der Waals surface area contributed by atoms with Crippen LogP contribution in [0.1, 0.15) is 36.0 Å². The highest BCUT2D eigenvalue weighted by atomic mass is 16.5. The molecule has 0 atom stereocenters. The molecule has 2 heterocycles. The molecular formula is C13H18N2O2. The Hall–Kier alpha value is -1.58. The van der Waals surface area contributed by atoms with Crippen molar-refractivity contribution in [3.05, 3.63) is 23.9 Å². The zero-order valence-electron chi connectivity index (χ0n) is 10.2. The smallest absolute Gasteiger partial charge is 0.255 e. The number of aromatic nitrogens is 1. The van der Waals surface area contributed by atoms with Crippen molar-refractivity contribution in [1.29, 1.82) is 0 Å². The van der Waals surface area contributed by atoms with Gasteiger partial charge in [-0.1, -0.05) is 12.8 Å². The molecule has 0 radical (unpaired) electrons. The van der Waals surface area contributed by atoms with Gasteiger partial charge in [0.2, 0.25) is 5.88 Å². The fraction of sp³-hybridized carbons (Fsp3) is 0.538. The fourth-order valence-electron chi connectivity index (χ4n) is 2.08. The summed E-state index contributed by atoms with van der Waals surface area (Å²) in [5.41, 5.74) is 0.646. The summed E-state index contributed by atoms with van der Waals surface area (Å²) in [6.45, 7) is 1.73. The van der Waals surface area contributed by atoms with E-state index in [-0.39, 0.29) is 5.91 Å². The molecule has 4 heteroatoms. The Labute approximate surface area is 102 Å². The van der Waals surface area contributed by atoms with E-state index < -0.39 is 0 Å². The van der Waals surface area contributed by atoms with Gasteiger partial charge in [0, 0.05) is 25.4 Å². The van der Waals surface area contributed by atoms with Gasteiger partial charge in [0.15, 0.2) is 0 Å². The van der Waals surface area contributed by atoms with E-state index in [9.17, 15) is 4.79 Å². The number of rotatable bonds is 2. The predicted octanol–water partition coefficient (Wildman–Crippen LogP) is 2.11. The second-order valence-electron chi connectivity index (χ2n) is 4.30. The summed E-state index contributed by atoms with van der Waals surface area (Å²) in [7, 11) is 1.57. The van der Waals surface area contributed by atoms with Gasteiger partial charge in [0.25, 0.3) is 5.91 Å². The first-order valence-electron chi connectivity index (χ1n) is 6.10. The summed E-state index contributed by atoms with van der Waals surface area (Å²) in [4.78, 5) is 18.2. The molecule has 0 spiro atoms. The second kappa shape index (κ2) is 5.66. The number of pyridine rings is 1. The molecule has 17 heavy (non-hydrogen) atoms. The van der Waals surface area contributed by atoms with Crippen LogP contribution in [0.5, 0.6) is 5.88 Å². The molecule has 1 aliphatic rings. The number of likely N-dealkylation sites (tertiary alicyclic amines) is 1. The van der Waals surface area contributed by atoms with E-state index in [4.69, 9.17) is 4.74 Å². The minimum absolute atomic E-state index is 0.0852. The first-order valence-corrected chi connectivity index (χ1v) is 6.10. The number of carbonyl (C=O) groups excluding carboxylic acids is 1. The van der Waals surface area contributed by atoms with E-state index in [1.165, 1.54) is 12.8 Å². The topological polar surface area (TPSA) is 42.4 Å². The highest BCUT2D eigenvalue weighted by molar-refractivity contribution is 5.94. The number of nitrogens with zero attached hydrogens (tertiary/aromatic N) is 2. The summed E-state index contributed by atoms with van der Waals surface area (Å²) >= 11 is 0. The minimum Gasteiger partial charge on any atom is -0.481 e. The van der Waals surface area contributed by atoms with Gasteiger partial charge in [-0.05, 0) is 18.9 Å². The highest BCUT2D eigenvalue weighted by Crippen LogP contribution is 2.14. The monoisotopic (exact) mass is 234 g/mol. The van der Waals surface area contributed by atoms with Crippen LogP contribution in [-0.2, 0) is 0 Å². The van der Waals surface area contributed by atoms with E-state index in [1.54, 1.807) is 25.4 Å². The average molecular weight is 234 g/mol. The Morgan fingerprint density at radius 3 is 2.47 bits per heavy atom. The summed E-state index contributed by atoms with van der Waals surface area (Å²) in [6.07, 6.45) is 6.26. The molecule has 1 aromatic heterocycles. The molecule has 1 aliphatic heterocycles. The quantitative estimate of drug-likeness (QED) is 0.787. The van der Waals surface area contributed by atoms with Crippen molar-refractivity contribution in [3.63, 3.8) is 0 Å². The Morgan fingerprint density at radius 1 is 1.24 bits per heavy atom. The molecule has 92 valence electrons. The summed E-state index contributed by atoms with van der Waals surface area (Å²) in [5.74, 6) is 0.625. The van der Waals surface area contributed by atoms with Gasteiger partial charge in [-0.2, -0.15) is 0 Å². The zero-order valence-corrected chi connectivity index (χ0v) is 10.2. The first-order chi connectivity index (χ1) is 8.31. The standard InChI is InChI=1S/C13H18N2O2/c1-17-12-7-6-11(10-14-12)13(16)15-8-4-2-3-5-9-15/h6-7,10H,2-5,8-9H2,1H3. The number of hydrogen-bond donors (Lipinski definition) is 0. The van der Waals surface area contributed by atoms with Crippen molar-refractivity contribution >= 4 is 5.91 Å². The SMILES string of the molecule is COc1ccc(C(=O)N2CCCCCC2)cn1. The average Bonchev–Trinajstić information content (AvgIpc) is 2.67. The molecule has 1 fully saturated rings. The third kappa shape index (κ3) is 2.96. The number of hydrogen-bond acceptors (Lipinski definition) is 3. The van der Waals surface area contributed by atoms with Gasteiger partial charge in [-0.25, -0.2) is 4.98 Å². The molecule has 0 saturated carbocycles. The molecule has 1 aromatic rings. The number of carbonyl (C=O) groups is 1. The molecule has 4 nitrogen and oxygen atoms in total. The molecule has 1 saturated heterocycles. The van der Waals surface area contributed by atoms with Gasteiger partial charge in [0.1, 0.15) is 0 Å². The third-order valence-electron chi connectivity index (χ3n) is 3.09. The lowest BCUT2D eigenvalue weighted by Crippen LogP contribution is -2.31.